The number of primary amides is 1. The number of nitrogens with two attached hydrogens (primary N) is 1. The van der Waals surface area contributed by atoms with Crippen molar-refractivity contribution in [3.8, 4) is 11.5 Å². The third kappa shape index (κ3) is 6.00. The number of likely N-dealkylation sites (N-methyl/N-ethyl adjacent to an activating group) is 1. The lowest BCUT2D eigenvalue weighted by Gasteiger charge is -2.16. The highest BCUT2D eigenvalue weighted by molar-refractivity contribution is 7.07. The first kappa shape index (κ1) is 20.2. The lowest BCUT2D eigenvalue weighted by atomic mass is 10.2. The van der Waals surface area contributed by atoms with E-state index < -0.39 is 11.9 Å². The first-order valence-electron chi connectivity index (χ1n) is 7.92. The second kappa shape index (κ2) is 9.58. The molecule has 0 aliphatic carbocycles. The Bertz CT molecular complexity index is 806. The number of ether oxygens (including phenoxy) is 3. The van der Waals surface area contributed by atoms with Gasteiger partial charge < -0.3 is 24.8 Å². The molecule has 1 heterocycles. The van der Waals surface area contributed by atoms with E-state index in [9.17, 15) is 14.4 Å². The van der Waals surface area contributed by atoms with Crippen LogP contribution >= 0.6 is 11.3 Å². The maximum atomic E-state index is 12.2. The van der Waals surface area contributed by atoms with E-state index in [0.717, 1.165) is 5.56 Å². The van der Waals surface area contributed by atoms with Crippen LogP contribution < -0.4 is 15.2 Å². The Balaban J connectivity index is 1.92. The maximum absolute atomic E-state index is 12.2. The van der Waals surface area contributed by atoms with Crippen molar-refractivity contribution in [2.45, 2.75) is 6.54 Å². The number of thiophene rings is 1. The molecule has 0 saturated carbocycles. The SMILES string of the molecule is COc1cc(C(=O)OCC(=O)N(C)Cc2ccsc2)ccc1OCC(N)=O. The topological polar surface area (TPSA) is 108 Å². The van der Waals surface area contributed by atoms with E-state index in [2.05, 4.69) is 0 Å². The number of carbonyl (C=O) groups is 3. The fourth-order valence-electron chi connectivity index (χ4n) is 2.13. The van der Waals surface area contributed by atoms with E-state index in [1.54, 1.807) is 18.4 Å². The van der Waals surface area contributed by atoms with Gasteiger partial charge in [0.1, 0.15) is 0 Å². The molecular weight excluding hydrogens is 372 g/mol. The zero-order valence-corrected chi connectivity index (χ0v) is 15.8. The van der Waals surface area contributed by atoms with E-state index in [1.165, 1.54) is 30.2 Å². The summed E-state index contributed by atoms with van der Waals surface area (Å²) in [6, 6.07) is 6.23. The summed E-state index contributed by atoms with van der Waals surface area (Å²) in [5, 5.41) is 3.88. The molecule has 27 heavy (non-hydrogen) atoms. The second-order valence-electron chi connectivity index (χ2n) is 5.58. The van der Waals surface area contributed by atoms with E-state index in [1.807, 2.05) is 16.8 Å². The van der Waals surface area contributed by atoms with Gasteiger partial charge >= 0.3 is 5.97 Å². The molecule has 1 aromatic carbocycles. The molecule has 1 aromatic heterocycles. The first-order chi connectivity index (χ1) is 12.9. The quantitative estimate of drug-likeness (QED) is 0.647. The summed E-state index contributed by atoms with van der Waals surface area (Å²) in [4.78, 5) is 36.5. The van der Waals surface area contributed by atoms with E-state index >= 15 is 0 Å². The first-order valence-corrected chi connectivity index (χ1v) is 8.86. The van der Waals surface area contributed by atoms with Gasteiger partial charge in [-0.3, -0.25) is 9.59 Å². The van der Waals surface area contributed by atoms with Gasteiger partial charge in [-0.1, -0.05) is 0 Å². The van der Waals surface area contributed by atoms with Gasteiger partial charge in [-0.2, -0.15) is 11.3 Å². The smallest absolute Gasteiger partial charge is 0.338 e. The maximum Gasteiger partial charge on any atom is 0.338 e. The summed E-state index contributed by atoms with van der Waals surface area (Å²) in [6.07, 6.45) is 0. The summed E-state index contributed by atoms with van der Waals surface area (Å²) < 4.78 is 15.4. The van der Waals surface area contributed by atoms with Crippen molar-refractivity contribution >= 4 is 29.1 Å². The number of hydrogen-bond acceptors (Lipinski definition) is 7. The molecule has 8 nitrogen and oxygen atoms in total. The van der Waals surface area contributed by atoms with Crippen LogP contribution in [-0.4, -0.2) is 50.1 Å². The molecule has 2 amide bonds. The summed E-state index contributed by atoms with van der Waals surface area (Å²) in [6.45, 7) is -0.244. The molecule has 0 atom stereocenters. The van der Waals surface area contributed by atoms with Gasteiger partial charge in [-0.25, -0.2) is 4.79 Å². The van der Waals surface area contributed by atoms with Crippen LogP contribution in [0.3, 0.4) is 0 Å². The highest BCUT2D eigenvalue weighted by Gasteiger charge is 2.16. The number of esters is 1. The molecule has 2 aromatic rings. The lowest BCUT2D eigenvalue weighted by molar-refractivity contribution is -0.133. The Kier molecular flexibility index (Phi) is 7.18. The fourth-order valence-corrected chi connectivity index (χ4v) is 2.79. The van der Waals surface area contributed by atoms with E-state index in [0.29, 0.717) is 6.54 Å². The molecule has 0 bridgehead atoms. The monoisotopic (exact) mass is 392 g/mol. The zero-order valence-electron chi connectivity index (χ0n) is 15.0. The molecule has 144 valence electrons. The lowest BCUT2D eigenvalue weighted by Crippen LogP contribution is -2.30. The predicted molar refractivity (Wildman–Crippen MR) is 98.8 cm³/mol. The zero-order chi connectivity index (χ0) is 19.8. The number of carbonyl (C=O) groups excluding carboxylic acids is 3. The van der Waals surface area contributed by atoms with Crippen LogP contribution in [-0.2, 0) is 20.9 Å². The molecule has 0 fully saturated rings. The van der Waals surface area contributed by atoms with Crippen LogP contribution in [0, 0.1) is 0 Å². The average molecular weight is 392 g/mol. The van der Waals surface area contributed by atoms with Crippen LogP contribution in [0.1, 0.15) is 15.9 Å². The fraction of sp³-hybridized carbons (Fsp3) is 0.278. The van der Waals surface area contributed by atoms with Crippen molar-refractivity contribution in [2.24, 2.45) is 5.73 Å². The second-order valence-corrected chi connectivity index (χ2v) is 6.36. The minimum Gasteiger partial charge on any atom is -0.493 e. The molecule has 0 radical (unpaired) electrons. The van der Waals surface area contributed by atoms with Gasteiger partial charge in [-0.05, 0) is 40.6 Å². The molecule has 0 aliphatic heterocycles. The Morgan fingerprint density at radius 3 is 2.56 bits per heavy atom. The van der Waals surface area contributed by atoms with Crippen LogP contribution in [0.5, 0.6) is 11.5 Å². The van der Waals surface area contributed by atoms with Crippen LogP contribution in [0.4, 0.5) is 0 Å². The number of benzene rings is 1. The number of methoxy groups -OCH3 is 1. The van der Waals surface area contributed by atoms with Crippen molar-refractivity contribution < 1.29 is 28.6 Å². The molecule has 0 spiro atoms. The van der Waals surface area contributed by atoms with Gasteiger partial charge in [0.15, 0.2) is 24.7 Å². The molecule has 0 aliphatic rings. The minimum atomic E-state index is -0.674. The van der Waals surface area contributed by atoms with E-state index in [-0.39, 0.29) is 36.2 Å². The van der Waals surface area contributed by atoms with Crippen LogP contribution in [0.15, 0.2) is 35.0 Å². The van der Waals surface area contributed by atoms with Crippen LogP contribution in [0.2, 0.25) is 0 Å². The standard InChI is InChI=1S/C18H20N2O6S/c1-20(8-12-5-6-27-11-12)17(22)10-26-18(23)13-3-4-14(15(7-13)24-2)25-9-16(19)21/h3-7,11H,8-10H2,1-2H3,(H2,19,21). The van der Waals surface area contributed by atoms with Gasteiger partial charge in [0, 0.05) is 13.6 Å². The molecule has 0 saturated heterocycles. The Hall–Kier alpha value is -3.07. The van der Waals surface area contributed by atoms with Crippen molar-refractivity contribution in [3.05, 3.63) is 46.2 Å². The Morgan fingerprint density at radius 1 is 1.15 bits per heavy atom. The van der Waals surface area contributed by atoms with Crippen molar-refractivity contribution in [1.82, 2.24) is 4.90 Å². The van der Waals surface area contributed by atoms with Gasteiger partial charge in [0.25, 0.3) is 11.8 Å². The summed E-state index contributed by atoms with van der Waals surface area (Å²) >= 11 is 1.55. The van der Waals surface area contributed by atoms with Crippen molar-refractivity contribution in [3.63, 3.8) is 0 Å². The van der Waals surface area contributed by atoms with E-state index in [4.69, 9.17) is 19.9 Å². The number of amides is 2. The van der Waals surface area contributed by atoms with Gasteiger partial charge in [0.05, 0.1) is 12.7 Å². The molecule has 2 N–H and O–H groups in total. The highest BCUT2D eigenvalue weighted by atomic mass is 32.1. The molecular formula is C18H20N2O6S. The summed E-state index contributed by atoms with van der Waals surface area (Å²) in [5.41, 5.74) is 6.23. The average Bonchev–Trinajstić information content (AvgIpc) is 3.16. The van der Waals surface area contributed by atoms with Crippen LogP contribution in [0.25, 0.3) is 0 Å². The van der Waals surface area contributed by atoms with Gasteiger partial charge in [0.2, 0.25) is 0 Å². The van der Waals surface area contributed by atoms with Crippen molar-refractivity contribution in [1.29, 1.82) is 0 Å². The molecule has 0 unspecified atom stereocenters. The molecule has 2 rings (SSSR count). The Labute approximate surface area is 160 Å². The van der Waals surface area contributed by atoms with Gasteiger partial charge in [-0.15, -0.1) is 0 Å². The number of rotatable bonds is 9. The number of hydrogen-bond donors (Lipinski definition) is 1. The normalized spacial score (nSPS) is 10.1. The summed E-state index contributed by atoms with van der Waals surface area (Å²) in [7, 11) is 3.03. The third-order valence-corrected chi connectivity index (χ3v) is 4.25. The number of nitrogens with zero attached hydrogens (tertiary/aromatic N) is 1. The summed E-state index contributed by atoms with van der Waals surface area (Å²) in [5.74, 6) is -1.12. The van der Waals surface area contributed by atoms with Crippen molar-refractivity contribution in [2.75, 3.05) is 27.4 Å². The Morgan fingerprint density at radius 2 is 1.93 bits per heavy atom. The predicted octanol–water partition coefficient (Wildman–Crippen LogP) is 1.44. The highest BCUT2D eigenvalue weighted by Crippen LogP contribution is 2.28. The minimum absolute atomic E-state index is 0.187. The third-order valence-electron chi connectivity index (χ3n) is 3.52. The largest absolute Gasteiger partial charge is 0.493 e. The molecule has 9 heteroatoms.